The topological polar surface area (TPSA) is 147 Å². The van der Waals surface area contributed by atoms with E-state index in [9.17, 15) is 9.36 Å². The van der Waals surface area contributed by atoms with E-state index in [2.05, 4.69) is 9.97 Å². The summed E-state index contributed by atoms with van der Waals surface area (Å²) in [5, 5.41) is 9.48. The van der Waals surface area contributed by atoms with Crippen LogP contribution < -0.4 is 5.73 Å². The van der Waals surface area contributed by atoms with Crippen molar-refractivity contribution in [2.45, 2.75) is 18.6 Å². The van der Waals surface area contributed by atoms with E-state index in [0.29, 0.717) is 11.0 Å². The van der Waals surface area contributed by atoms with Crippen LogP contribution in [0.3, 0.4) is 0 Å². The third-order valence-electron chi connectivity index (χ3n) is 2.86. The van der Waals surface area contributed by atoms with Crippen molar-refractivity contribution in [2.75, 3.05) is 0 Å². The zero-order valence-electron chi connectivity index (χ0n) is 10.9. The summed E-state index contributed by atoms with van der Waals surface area (Å²) in [7, 11) is -4.31. The van der Waals surface area contributed by atoms with Gasteiger partial charge in [-0.15, -0.1) is 0 Å². The normalized spacial score (nSPS) is 13.3. The molecule has 2 aromatic rings. The minimum atomic E-state index is -4.31. The lowest BCUT2D eigenvalue weighted by molar-refractivity contribution is -0.138. The summed E-state index contributed by atoms with van der Waals surface area (Å²) >= 11 is 0. The van der Waals surface area contributed by atoms with E-state index in [1.54, 1.807) is 18.2 Å². The van der Waals surface area contributed by atoms with Crippen molar-refractivity contribution >= 4 is 24.6 Å². The lowest BCUT2D eigenvalue weighted by Gasteiger charge is -2.13. The van der Waals surface area contributed by atoms with Gasteiger partial charge in [0.2, 0.25) is 0 Å². The molecule has 1 atom stereocenters. The number of rotatable bonds is 5. The van der Waals surface area contributed by atoms with Crippen LogP contribution in [0.1, 0.15) is 11.3 Å². The Balaban J connectivity index is 2.50. The number of carboxylic acid groups (broad SMARTS) is 1. The molecular formula is C12H14N3O5P. The number of fused-ring (bicyclic) bond motifs is 1. The van der Waals surface area contributed by atoms with Crippen LogP contribution in [0.2, 0.25) is 0 Å². The first-order valence-corrected chi connectivity index (χ1v) is 7.82. The number of carboxylic acids is 1. The Morgan fingerprint density at radius 2 is 2.14 bits per heavy atom. The van der Waals surface area contributed by atoms with E-state index < -0.39 is 25.8 Å². The molecule has 5 N–H and O–H groups in total. The summed E-state index contributed by atoms with van der Waals surface area (Å²) in [4.78, 5) is 37.3. The van der Waals surface area contributed by atoms with E-state index >= 15 is 0 Å². The van der Waals surface area contributed by atoms with Crippen molar-refractivity contribution in [2.24, 2.45) is 5.73 Å². The SMILES string of the molecule is N[C@H](Cc1nc2ncccc2cc1CP(=O)(O)O)C(=O)O. The predicted octanol–water partition coefficient (Wildman–Crippen LogP) is 0.262. The largest absolute Gasteiger partial charge is 0.480 e. The molecule has 0 aliphatic heterocycles. The molecular weight excluding hydrogens is 297 g/mol. The number of hydrogen-bond donors (Lipinski definition) is 4. The number of aliphatic carboxylic acids is 1. The van der Waals surface area contributed by atoms with Crippen LogP contribution in [0.4, 0.5) is 0 Å². The third-order valence-corrected chi connectivity index (χ3v) is 3.62. The average Bonchev–Trinajstić information content (AvgIpc) is 2.37. The number of nitrogens with zero attached hydrogens (tertiary/aromatic N) is 2. The van der Waals surface area contributed by atoms with Gasteiger partial charge in [-0.2, -0.15) is 0 Å². The maximum atomic E-state index is 11.2. The van der Waals surface area contributed by atoms with E-state index in [4.69, 9.17) is 20.6 Å². The third kappa shape index (κ3) is 4.05. The molecule has 0 amide bonds. The molecule has 0 saturated carbocycles. The van der Waals surface area contributed by atoms with Crippen molar-refractivity contribution < 1.29 is 24.3 Å². The standard InChI is InChI=1S/C12H14N3O5P/c13-9(12(16)17)5-10-8(6-21(18,19)20)4-7-2-1-3-14-11(7)15-10/h1-4,9H,5-6,13H2,(H,16,17)(H2,18,19,20)/t9-/m1/s1. The van der Waals surface area contributed by atoms with Crippen molar-refractivity contribution in [1.82, 2.24) is 9.97 Å². The van der Waals surface area contributed by atoms with Gasteiger partial charge in [0, 0.05) is 23.7 Å². The molecule has 0 fully saturated rings. The van der Waals surface area contributed by atoms with Crippen LogP contribution in [0.25, 0.3) is 11.0 Å². The molecule has 0 bridgehead atoms. The molecule has 0 spiro atoms. The zero-order chi connectivity index (χ0) is 15.6. The number of pyridine rings is 2. The number of nitrogens with two attached hydrogens (primary N) is 1. The van der Waals surface area contributed by atoms with E-state index in [-0.39, 0.29) is 17.7 Å². The second kappa shape index (κ2) is 5.87. The van der Waals surface area contributed by atoms with Gasteiger partial charge in [-0.3, -0.25) is 9.36 Å². The number of hydrogen-bond acceptors (Lipinski definition) is 5. The van der Waals surface area contributed by atoms with Gasteiger partial charge in [0.25, 0.3) is 0 Å². The highest BCUT2D eigenvalue weighted by Gasteiger charge is 2.21. The van der Waals surface area contributed by atoms with Gasteiger partial charge in [0.05, 0.1) is 6.16 Å². The molecule has 9 heteroatoms. The second-order valence-corrected chi connectivity index (χ2v) is 6.26. The van der Waals surface area contributed by atoms with Crippen LogP contribution in [0.15, 0.2) is 24.4 Å². The molecule has 0 saturated heterocycles. The summed E-state index contributed by atoms with van der Waals surface area (Å²) < 4.78 is 11.2. The lowest BCUT2D eigenvalue weighted by atomic mass is 10.1. The molecule has 112 valence electrons. The van der Waals surface area contributed by atoms with Gasteiger partial charge in [-0.25, -0.2) is 9.97 Å². The highest BCUT2D eigenvalue weighted by Crippen LogP contribution is 2.40. The molecule has 0 unspecified atom stereocenters. The highest BCUT2D eigenvalue weighted by atomic mass is 31.2. The molecule has 0 aliphatic rings. The number of carbonyl (C=O) groups is 1. The minimum absolute atomic E-state index is 0.128. The van der Waals surface area contributed by atoms with Crippen LogP contribution in [-0.4, -0.2) is 36.9 Å². The second-order valence-electron chi connectivity index (χ2n) is 4.62. The average molecular weight is 311 g/mol. The molecule has 0 aromatic carbocycles. The molecule has 2 aromatic heterocycles. The zero-order valence-corrected chi connectivity index (χ0v) is 11.8. The Kier molecular flexibility index (Phi) is 4.34. The Morgan fingerprint density at radius 3 is 2.76 bits per heavy atom. The van der Waals surface area contributed by atoms with Crippen LogP contribution >= 0.6 is 7.60 Å². The molecule has 21 heavy (non-hydrogen) atoms. The van der Waals surface area contributed by atoms with Gasteiger partial charge in [-0.05, 0) is 23.8 Å². The predicted molar refractivity (Wildman–Crippen MR) is 74.6 cm³/mol. The van der Waals surface area contributed by atoms with Gasteiger partial charge in [-0.1, -0.05) is 0 Å². The Labute approximate surface area is 119 Å². The van der Waals surface area contributed by atoms with Crippen molar-refractivity contribution in [3.63, 3.8) is 0 Å². The first-order valence-electron chi connectivity index (χ1n) is 6.03. The molecule has 8 nitrogen and oxygen atoms in total. The molecule has 0 radical (unpaired) electrons. The highest BCUT2D eigenvalue weighted by molar-refractivity contribution is 7.50. The minimum Gasteiger partial charge on any atom is -0.480 e. The van der Waals surface area contributed by atoms with E-state index in [0.717, 1.165) is 0 Å². The van der Waals surface area contributed by atoms with Gasteiger partial charge < -0.3 is 20.6 Å². The van der Waals surface area contributed by atoms with Gasteiger partial charge >= 0.3 is 13.6 Å². The monoisotopic (exact) mass is 311 g/mol. The molecule has 2 heterocycles. The van der Waals surface area contributed by atoms with E-state index in [1.165, 1.54) is 6.20 Å². The van der Waals surface area contributed by atoms with E-state index in [1.807, 2.05) is 0 Å². The van der Waals surface area contributed by atoms with Crippen LogP contribution in [0.5, 0.6) is 0 Å². The van der Waals surface area contributed by atoms with Gasteiger partial charge in [0.1, 0.15) is 6.04 Å². The molecule has 2 rings (SSSR count). The maximum absolute atomic E-state index is 11.2. The van der Waals surface area contributed by atoms with Crippen LogP contribution in [0, 0.1) is 0 Å². The fourth-order valence-electron chi connectivity index (χ4n) is 1.92. The van der Waals surface area contributed by atoms with Crippen molar-refractivity contribution in [1.29, 1.82) is 0 Å². The first-order chi connectivity index (χ1) is 9.76. The fraction of sp³-hybridized carbons (Fsp3) is 0.250. The van der Waals surface area contributed by atoms with Gasteiger partial charge in [0.15, 0.2) is 5.65 Å². The Morgan fingerprint density at radius 1 is 1.43 bits per heavy atom. The summed E-state index contributed by atoms with van der Waals surface area (Å²) in [6.45, 7) is 0. The maximum Gasteiger partial charge on any atom is 0.329 e. The summed E-state index contributed by atoms with van der Waals surface area (Å²) in [6.07, 6.45) is 0.878. The lowest BCUT2D eigenvalue weighted by Crippen LogP contribution is -2.33. The Bertz CT molecular complexity index is 730. The van der Waals surface area contributed by atoms with Crippen LogP contribution in [-0.2, 0) is 21.9 Å². The van der Waals surface area contributed by atoms with Crippen molar-refractivity contribution in [3.05, 3.63) is 35.7 Å². The summed E-state index contributed by atoms with van der Waals surface area (Å²) in [5.41, 5.74) is 6.36. The quantitative estimate of drug-likeness (QED) is 0.575. The summed E-state index contributed by atoms with van der Waals surface area (Å²) in [5.74, 6) is -1.21. The van der Waals surface area contributed by atoms with Crippen molar-refractivity contribution in [3.8, 4) is 0 Å². The first kappa shape index (κ1) is 15.5. The molecule has 0 aliphatic carbocycles. The number of aromatic nitrogens is 2. The summed E-state index contributed by atoms with van der Waals surface area (Å²) in [6, 6.07) is 3.74. The Hall–Kier alpha value is -1.86. The smallest absolute Gasteiger partial charge is 0.329 e. The fourth-order valence-corrected chi connectivity index (χ4v) is 2.63.